The molecule has 0 bridgehead atoms. The van der Waals surface area contributed by atoms with Gasteiger partial charge in [0.15, 0.2) is 0 Å². The first-order chi connectivity index (χ1) is 22.6. The molecule has 1 N–H and O–H groups in total. The van der Waals surface area contributed by atoms with E-state index in [1.54, 1.807) is 0 Å². The summed E-state index contributed by atoms with van der Waals surface area (Å²) >= 11 is 0. The predicted octanol–water partition coefficient (Wildman–Crippen LogP) is 9.75. The van der Waals surface area contributed by atoms with Gasteiger partial charge in [-0.05, 0) is 82.3 Å². The molecule has 0 heterocycles. The van der Waals surface area contributed by atoms with Crippen molar-refractivity contribution >= 4 is 29.1 Å². The summed E-state index contributed by atoms with van der Waals surface area (Å²) in [6.07, 6.45) is 7.76. The van der Waals surface area contributed by atoms with Gasteiger partial charge in [0, 0.05) is 43.4 Å². The minimum Gasteiger partial charge on any atom is -0.481 e. The smallest absolute Gasteiger partial charge is 0.303 e. The van der Waals surface area contributed by atoms with Crippen molar-refractivity contribution < 1.29 is 29.1 Å². The highest BCUT2D eigenvalue weighted by Crippen LogP contribution is 2.43. The molecular weight excluding hydrogens is 600 g/mol. The van der Waals surface area contributed by atoms with E-state index in [0.29, 0.717) is 31.6 Å². The van der Waals surface area contributed by atoms with E-state index < -0.39 is 29.6 Å². The zero-order valence-electron chi connectivity index (χ0n) is 30.7. The normalized spacial score (nSPS) is 17.8. The van der Waals surface area contributed by atoms with Crippen molar-refractivity contribution in [3.63, 3.8) is 0 Å². The molecule has 2 unspecified atom stereocenters. The van der Waals surface area contributed by atoms with E-state index in [1.807, 2.05) is 32.9 Å². The molecule has 0 spiro atoms. The summed E-state index contributed by atoms with van der Waals surface area (Å²) in [5.74, 6) is -3.07. The van der Waals surface area contributed by atoms with Gasteiger partial charge in [-0.3, -0.25) is 24.0 Å². The largest absolute Gasteiger partial charge is 0.481 e. The average Bonchev–Trinajstić information content (AvgIpc) is 3.00. The van der Waals surface area contributed by atoms with Crippen molar-refractivity contribution in [2.24, 2.45) is 29.6 Å². The van der Waals surface area contributed by atoms with Gasteiger partial charge in [-0.2, -0.15) is 0 Å². The summed E-state index contributed by atoms with van der Waals surface area (Å²) in [6.45, 7) is 20.6. The van der Waals surface area contributed by atoms with Crippen LogP contribution in [0.4, 0.5) is 0 Å². The summed E-state index contributed by atoms with van der Waals surface area (Å²) < 4.78 is 0. The van der Waals surface area contributed by atoms with Crippen LogP contribution >= 0.6 is 0 Å². The van der Waals surface area contributed by atoms with E-state index in [4.69, 9.17) is 5.11 Å². The Labute approximate surface area is 290 Å². The molecule has 1 aliphatic rings. The molecule has 0 saturated heterocycles. The molecule has 1 aromatic rings. The Balaban J connectivity index is 2.47. The fourth-order valence-electron chi connectivity index (χ4n) is 7.33. The Bertz CT molecular complexity index is 1300. The number of carboxylic acid groups (broad SMARTS) is 1. The number of ketones is 4. The fraction of sp³-hybridized carbons (Fsp3) is 0.643. The minimum absolute atomic E-state index is 0.0118. The lowest BCUT2D eigenvalue weighted by Gasteiger charge is -2.36. The molecule has 1 aromatic carbocycles. The summed E-state index contributed by atoms with van der Waals surface area (Å²) in [5.41, 5.74) is 5.05. The summed E-state index contributed by atoms with van der Waals surface area (Å²) in [5, 5.41) is 9.05. The molecule has 6 heteroatoms. The number of allylic oxidation sites excluding steroid dienone is 2. The summed E-state index contributed by atoms with van der Waals surface area (Å²) in [7, 11) is 0. The maximum atomic E-state index is 14.6. The first-order valence-electron chi connectivity index (χ1n) is 18.4. The van der Waals surface area contributed by atoms with Crippen LogP contribution in [0.25, 0.3) is 0 Å². The minimum atomic E-state index is -1.03. The third kappa shape index (κ3) is 13.4. The van der Waals surface area contributed by atoms with Gasteiger partial charge in [-0.25, -0.2) is 0 Å². The van der Waals surface area contributed by atoms with Gasteiger partial charge in [0.05, 0.1) is 12.3 Å². The number of fused-ring (bicyclic) bond motifs is 1. The van der Waals surface area contributed by atoms with Gasteiger partial charge < -0.3 is 5.11 Å². The second-order valence-electron chi connectivity index (χ2n) is 15.1. The van der Waals surface area contributed by atoms with Gasteiger partial charge in [-0.1, -0.05) is 87.9 Å². The second kappa shape index (κ2) is 20.4. The van der Waals surface area contributed by atoms with Gasteiger partial charge in [0.1, 0.15) is 23.1 Å². The van der Waals surface area contributed by atoms with Crippen LogP contribution in [0.15, 0.2) is 42.5 Å². The number of benzene rings is 1. The van der Waals surface area contributed by atoms with Gasteiger partial charge in [0.25, 0.3) is 0 Å². The quantitative estimate of drug-likeness (QED) is 0.0873. The number of hydrogen-bond donors (Lipinski definition) is 1. The lowest BCUT2D eigenvalue weighted by molar-refractivity contribution is -0.139. The van der Waals surface area contributed by atoms with Crippen molar-refractivity contribution in [2.45, 2.75) is 144 Å². The molecule has 0 aliphatic heterocycles. The van der Waals surface area contributed by atoms with E-state index in [-0.39, 0.29) is 54.7 Å². The molecule has 5 atom stereocenters. The number of unbranched alkanes of at least 4 members (excludes halogenated alkanes) is 3. The predicted molar refractivity (Wildman–Crippen MR) is 194 cm³/mol. The molecule has 0 aromatic heterocycles. The van der Waals surface area contributed by atoms with Crippen molar-refractivity contribution in [3.8, 4) is 0 Å². The standard InChI is InChI=1S/C42H62O6/c1-9-10-11-15-32(24-35(43)19-20-40(46)47)38(44)26-34-23-31-18-17-30(8)22-37(31)41(42(34)48)36(16-13-12-14-27(2)3)39(45)25-33(29(6)7)21-28(4)5/h17-18,22,28,32-34,36,41H,2,6,9-16,19-21,23-26H2,1,3-5,7-8H3,(H,46,47)/t32-,33?,34-,36+,41?/m1/s1. The monoisotopic (exact) mass is 662 g/mol. The number of rotatable bonds is 24. The number of aryl methyl sites for hydroxylation is 1. The van der Waals surface area contributed by atoms with Crippen molar-refractivity contribution in [1.29, 1.82) is 0 Å². The summed E-state index contributed by atoms with van der Waals surface area (Å²) in [6, 6.07) is 6.14. The summed E-state index contributed by atoms with van der Waals surface area (Å²) in [4.78, 5) is 66.6. The van der Waals surface area contributed by atoms with Crippen LogP contribution in [0.1, 0.15) is 147 Å². The van der Waals surface area contributed by atoms with E-state index >= 15 is 0 Å². The van der Waals surface area contributed by atoms with Crippen LogP contribution in [0.5, 0.6) is 0 Å². The van der Waals surface area contributed by atoms with Crippen LogP contribution in [0.3, 0.4) is 0 Å². The van der Waals surface area contributed by atoms with Crippen molar-refractivity contribution in [3.05, 3.63) is 59.2 Å². The van der Waals surface area contributed by atoms with Gasteiger partial charge in [0.2, 0.25) is 0 Å². The zero-order chi connectivity index (χ0) is 36.0. The third-order valence-corrected chi connectivity index (χ3v) is 10.0. The molecule has 2 rings (SSSR count). The van der Waals surface area contributed by atoms with E-state index in [1.165, 1.54) is 0 Å². The zero-order valence-corrected chi connectivity index (χ0v) is 30.7. The lowest BCUT2D eigenvalue weighted by atomic mass is 9.65. The maximum Gasteiger partial charge on any atom is 0.303 e. The molecule has 0 fully saturated rings. The molecule has 0 amide bonds. The Morgan fingerprint density at radius 1 is 0.896 bits per heavy atom. The number of carbonyl (C=O) groups excluding carboxylic acids is 4. The molecule has 266 valence electrons. The van der Waals surface area contributed by atoms with Crippen LogP contribution in [0.2, 0.25) is 0 Å². The number of hydrogen-bond acceptors (Lipinski definition) is 5. The average molecular weight is 663 g/mol. The van der Waals surface area contributed by atoms with E-state index in [2.05, 4.69) is 40.0 Å². The first-order valence-corrected chi connectivity index (χ1v) is 18.4. The lowest BCUT2D eigenvalue weighted by Crippen LogP contribution is -2.39. The van der Waals surface area contributed by atoms with E-state index in [0.717, 1.165) is 72.8 Å². The molecule has 0 radical (unpaired) electrons. The Morgan fingerprint density at radius 3 is 2.19 bits per heavy atom. The van der Waals surface area contributed by atoms with Crippen LogP contribution in [-0.4, -0.2) is 34.2 Å². The van der Waals surface area contributed by atoms with Gasteiger partial charge >= 0.3 is 5.97 Å². The highest BCUT2D eigenvalue weighted by atomic mass is 16.4. The Morgan fingerprint density at radius 2 is 1.58 bits per heavy atom. The topological polar surface area (TPSA) is 106 Å². The number of carboxylic acids is 1. The number of Topliss-reactive ketones (excluding diaryl/α,β-unsaturated/α-hetero) is 4. The van der Waals surface area contributed by atoms with Crippen molar-refractivity contribution in [1.82, 2.24) is 0 Å². The van der Waals surface area contributed by atoms with Crippen LogP contribution in [0, 0.1) is 36.5 Å². The molecule has 48 heavy (non-hydrogen) atoms. The highest BCUT2D eigenvalue weighted by molar-refractivity contribution is 5.99. The second-order valence-corrected chi connectivity index (χ2v) is 15.1. The maximum absolute atomic E-state index is 14.6. The Hall–Kier alpha value is -3.15. The number of carbonyl (C=O) groups is 5. The number of aliphatic carboxylic acids is 1. The third-order valence-electron chi connectivity index (χ3n) is 10.0. The van der Waals surface area contributed by atoms with E-state index in [9.17, 15) is 24.0 Å². The SMILES string of the molecule is C=C(C)CCCC[C@@H](C(=O)CC(CC(C)C)C(=C)C)C1C(=O)[C@@H](CC(=O)[C@H](CCCCC)CC(=O)CCC(=O)O)Cc2ccc(C)cc21. The molecular formula is C42H62O6. The van der Waals surface area contributed by atoms with Crippen LogP contribution < -0.4 is 0 Å². The van der Waals surface area contributed by atoms with Crippen molar-refractivity contribution in [2.75, 3.05) is 0 Å². The molecule has 1 aliphatic carbocycles. The van der Waals surface area contributed by atoms with Gasteiger partial charge in [-0.15, -0.1) is 6.58 Å². The van der Waals surface area contributed by atoms with Crippen LogP contribution in [-0.2, 0) is 30.4 Å². The Kier molecular flexibility index (Phi) is 17.4. The molecule has 0 saturated carbocycles. The molecule has 6 nitrogen and oxygen atoms in total. The first kappa shape index (κ1) is 41.0. The fourth-order valence-corrected chi connectivity index (χ4v) is 7.33. The highest BCUT2D eigenvalue weighted by Gasteiger charge is 2.43.